The predicted molar refractivity (Wildman–Crippen MR) is 123 cm³/mol. The summed E-state index contributed by atoms with van der Waals surface area (Å²) in [6.07, 6.45) is 0.728. The van der Waals surface area contributed by atoms with Crippen molar-refractivity contribution in [2.45, 2.75) is 31.4 Å². The Morgan fingerprint density at radius 1 is 1.24 bits per heavy atom. The van der Waals surface area contributed by atoms with E-state index in [1.807, 2.05) is 17.0 Å². The van der Waals surface area contributed by atoms with Crippen molar-refractivity contribution in [2.24, 2.45) is 10.1 Å². The molecule has 2 saturated heterocycles. The number of rotatable bonds is 6. The molecule has 33 heavy (non-hydrogen) atoms. The van der Waals surface area contributed by atoms with Gasteiger partial charge in [0.2, 0.25) is 17.8 Å². The van der Waals surface area contributed by atoms with Crippen LogP contribution < -0.4 is 5.32 Å². The lowest BCUT2D eigenvalue weighted by molar-refractivity contribution is -0.141. The van der Waals surface area contributed by atoms with Gasteiger partial charge in [-0.05, 0) is 18.6 Å². The van der Waals surface area contributed by atoms with Crippen LogP contribution in [0.25, 0.3) is 0 Å². The molecule has 0 spiro atoms. The van der Waals surface area contributed by atoms with Crippen molar-refractivity contribution < 1.29 is 19.1 Å². The molecule has 0 radical (unpaired) electrons. The smallest absolute Gasteiger partial charge is 0.258 e. The van der Waals surface area contributed by atoms with Crippen molar-refractivity contribution >= 4 is 41.0 Å². The fourth-order valence-electron chi connectivity index (χ4n) is 4.37. The Kier molecular flexibility index (Phi) is 6.94. The number of hydrogen-bond acceptors (Lipinski definition) is 6. The van der Waals surface area contributed by atoms with Gasteiger partial charge in [-0.2, -0.15) is 5.10 Å². The topological polar surface area (TPSA) is 107 Å². The minimum Gasteiger partial charge on any atom is -0.371 e. The van der Waals surface area contributed by atoms with Crippen LogP contribution >= 0.6 is 11.6 Å². The first-order chi connectivity index (χ1) is 15.9. The summed E-state index contributed by atoms with van der Waals surface area (Å²) in [7, 11) is 3.06. The summed E-state index contributed by atoms with van der Waals surface area (Å²) >= 11 is 6.05. The second kappa shape index (κ2) is 9.88. The van der Waals surface area contributed by atoms with Gasteiger partial charge in [0.15, 0.2) is 0 Å². The summed E-state index contributed by atoms with van der Waals surface area (Å²) in [5.41, 5.74) is 1.67. The number of amides is 3. The van der Waals surface area contributed by atoms with Crippen molar-refractivity contribution in [3.8, 4) is 0 Å². The van der Waals surface area contributed by atoms with Crippen LogP contribution in [0.2, 0.25) is 5.02 Å². The first kappa shape index (κ1) is 23.2. The molecule has 10 nitrogen and oxygen atoms in total. The number of halogens is 1. The summed E-state index contributed by atoms with van der Waals surface area (Å²) in [5, 5.41) is 10.3. The van der Waals surface area contributed by atoms with Gasteiger partial charge in [0.05, 0.1) is 24.7 Å². The minimum absolute atomic E-state index is 0.0659. The molecule has 3 aliphatic heterocycles. The van der Waals surface area contributed by atoms with Crippen LogP contribution in [0.15, 0.2) is 34.4 Å². The lowest BCUT2D eigenvalue weighted by Gasteiger charge is -2.26. The Bertz CT molecular complexity index is 995. The van der Waals surface area contributed by atoms with Crippen LogP contribution in [0.4, 0.5) is 0 Å². The number of methoxy groups -OCH3 is 1. The second-order valence-corrected chi connectivity index (χ2v) is 8.50. The van der Waals surface area contributed by atoms with E-state index >= 15 is 0 Å². The van der Waals surface area contributed by atoms with E-state index in [9.17, 15) is 14.4 Å². The van der Waals surface area contributed by atoms with Gasteiger partial charge in [0, 0.05) is 50.8 Å². The predicted octanol–water partition coefficient (Wildman–Crippen LogP) is 0.700. The fourth-order valence-corrected chi connectivity index (χ4v) is 4.50. The molecule has 3 amide bonds. The standard InChI is InChI=1S/C22H27ClN6O4/c1-24-22(25-9-11-28-19(31)12-17(33-2)21(28)32)29-13-16(27-10-3-4-18(27)30)20(26-29)14-5-7-15(23)8-6-14/h5-8,16-17H,3-4,9-13H2,1-2H3,(H,24,25). The average Bonchev–Trinajstić information content (AvgIpc) is 3.50. The monoisotopic (exact) mass is 474 g/mol. The lowest BCUT2D eigenvalue weighted by atomic mass is 10.0. The van der Waals surface area contributed by atoms with E-state index in [1.165, 1.54) is 12.0 Å². The molecule has 1 aromatic rings. The molecule has 0 bridgehead atoms. The summed E-state index contributed by atoms with van der Waals surface area (Å²) in [6, 6.07) is 7.19. The fraction of sp³-hybridized carbons (Fsp3) is 0.500. The number of nitrogens with one attached hydrogen (secondary N) is 1. The number of imide groups is 1. The highest BCUT2D eigenvalue weighted by atomic mass is 35.5. The maximum absolute atomic E-state index is 12.5. The molecule has 3 aliphatic rings. The zero-order valence-electron chi connectivity index (χ0n) is 18.7. The van der Waals surface area contributed by atoms with Crippen LogP contribution in [-0.4, -0.2) is 96.7 Å². The highest BCUT2D eigenvalue weighted by Crippen LogP contribution is 2.24. The Morgan fingerprint density at radius 2 is 2.00 bits per heavy atom. The SMILES string of the molecule is CN=C(NCCN1C(=O)CC(OC)C1=O)N1CC(N2CCCC2=O)C(c2ccc(Cl)cc2)=N1. The number of hydrogen-bond donors (Lipinski definition) is 1. The molecule has 1 N–H and O–H groups in total. The van der Waals surface area contributed by atoms with Crippen molar-refractivity contribution in [2.75, 3.05) is 40.3 Å². The molecule has 2 unspecified atom stereocenters. The summed E-state index contributed by atoms with van der Waals surface area (Å²) < 4.78 is 5.06. The third-order valence-electron chi connectivity index (χ3n) is 6.08. The quantitative estimate of drug-likeness (QED) is 0.369. The molecule has 176 valence electrons. The van der Waals surface area contributed by atoms with Crippen molar-refractivity contribution in [3.63, 3.8) is 0 Å². The molecule has 0 aromatic heterocycles. The summed E-state index contributed by atoms with van der Waals surface area (Å²) in [6.45, 7) is 1.66. The number of hydrazone groups is 1. The van der Waals surface area contributed by atoms with E-state index in [0.29, 0.717) is 37.0 Å². The number of benzene rings is 1. The van der Waals surface area contributed by atoms with Gasteiger partial charge in [-0.1, -0.05) is 23.7 Å². The number of nitrogens with zero attached hydrogens (tertiary/aromatic N) is 5. The van der Waals surface area contributed by atoms with Crippen LogP contribution in [0, 0.1) is 0 Å². The van der Waals surface area contributed by atoms with Gasteiger partial charge in [0.25, 0.3) is 5.91 Å². The largest absolute Gasteiger partial charge is 0.371 e. The maximum Gasteiger partial charge on any atom is 0.258 e. The van der Waals surface area contributed by atoms with Crippen LogP contribution in [0.3, 0.4) is 0 Å². The molecule has 11 heteroatoms. The van der Waals surface area contributed by atoms with Crippen LogP contribution in [0.1, 0.15) is 24.8 Å². The van der Waals surface area contributed by atoms with Gasteiger partial charge < -0.3 is 15.0 Å². The number of carbonyl (C=O) groups excluding carboxylic acids is 3. The highest BCUT2D eigenvalue weighted by molar-refractivity contribution is 6.30. The highest BCUT2D eigenvalue weighted by Gasteiger charge is 2.40. The molecular formula is C22H27ClN6O4. The summed E-state index contributed by atoms with van der Waals surface area (Å²) in [5.74, 6) is 0.0415. The Labute approximate surface area is 197 Å². The van der Waals surface area contributed by atoms with E-state index in [2.05, 4.69) is 10.3 Å². The first-order valence-electron chi connectivity index (χ1n) is 10.9. The summed E-state index contributed by atoms with van der Waals surface area (Å²) in [4.78, 5) is 44.2. The number of likely N-dealkylation sites (tertiary alicyclic amines) is 2. The second-order valence-electron chi connectivity index (χ2n) is 8.07. The molecule has 4 rings (SSSR count). The molecule has 2 fully saturated rings. The van der Waals surface area contributed by atoms with E-state index in [-0.39, 0.29) is 36.7 Å². The number of ether oxygens (including phenoxy) is 1. The third kappa shape index (κ3) is 4.72. The van der Waals surface area contributed by atoms with E-state index in [1.54, 1.807) is 24.2 Å². The van der Waals surface area contributed by atoms with Gasteiger partial charge in [-0.3, -0.25) is 24.3 Å². The molecule has 0 saturated carbocycles. The molecule has 2 atom stereocenters. The zero-order valence-corrected chi connectivity index (χ0v) is 19.4. The minimum atomic E-state index is -0.708. The lowest BCUT2D eigenvalue weighted by Crippen LogP contribution is -2.47. The molecule has 3 heterocycles. The molecular weight excluding hydrogens is 448 g/mol. The Balaban J connectivity index is 1.47. The van der Waals surface area contributed by atoms with Crippen molar-refractivity contribution in [3.05, 3.63) is 34.9 Å². The van der Waals surface area contributed by atoms with Gasteiger partial charge in [-0.25, -0.2) is 5.01 Å². The van der Waals surface area contributed by atoms with Gasteiger partial charge in [0.1, 0.15) is 6.10 Å². The maximum atomic E-state index is 12.5. The Hall–Kier alpha value is -2.98. The van der Waals surface area contributed by atoms with Crippen molar-refractivity contribution in [1.82, 2.24) is 20.1 Å². The Morgan fingerprint density at radius 3 is 2.61 bits per heavy atom. The van der Waals surface area contributed by atoms with Crippen LogP contribution in [0.5, 0.6) is 0 Å². The van der Waals surface area contributed by atoms with E-state index < -0.39 is 6.10 Å². The first-order valence-corrected chi connectivity index (χ1v) is 11.3. The molecule has 1 aromatic carbocycles. The van der Waals surface area contributed by atoms with Crippen molar-refractivity contribution in [1.29, 1.82) is 0 Å². The zero-order chi connectivity index (χ0) is 23.5. The van der Waals surface area contributed by atoms with Gasteiger partial charge >= 0.3 is 0 Å². The normalized spacial score (nSPS) is 23.7. The van der Waals surface area contributed by atoms with E-state index in [0.717, 1.165) is 17.7 Å². The van der Waals surface area contributed by atoms with E-state index in [4.69, 9.17) is 21.4 Å². The number of guanidine groups is 1. The number of aliphatic imine (C=N–C) groups is 1. The molecule has 0 aliphatic carbocycles. The van der Waals surface area contributed by atoms with Crippen LogP contribution in [-0.2, 0) is 19.1 Å². The average molecular weight is 475 g/mol. The number of carbonyl (C=O) groups is 3. The third-order valence-corrected chi connectivity index (χ3v) is 6.33. The van der Waals surface area contributed by atoms with Gasteiger partial charge in [-0.15, -0.1) is 0 Å².